The van der Waals surface area contributed by atoms with Crippen LogP contribution in [0.3, 0.4) is 0 Å². The van der Waals surface area contributed by atoms with Crippen LogP contribution in [0.25, 0.3) is 0 Å². The number of rotatable bonds is 3. The molecule has 12 heavy (non-hydrogen) atoms. The van der Waals surface area contributed by atoms with Crippen molar-refractivity contribution in [3.05, 3.63) is 6.04 Å². The monoisotopic (exact) mass is 170 g/mol. The summed E-state index contributed by atoms with van der Waals surface area (Å²) in [7, 11) is 6.06. The van der Waals surface area contributed by atoms with E-state index in [0.717, 1.165) is 0 Å². The van der Waals surface area contributed by atoms with E-state index in [1.165, 1.54) is 25.3 Å². The Bertz CT molecular complexity index is 115. The smallest absolute Gasteiger partial charge is 0.0702 e. The molecular formula is C9H20N3. The van der Waals surface area contributed by atoms with E-state index in [4.69, 9.17) is 0 Å². The van der Waals surface area contributed by atoms with Gasteiger partial charge in [0.05, 0.1) is 6.04 Å². The average Bonchev–Trinajstić information content (AvgIpc) is 2.16. The molecule has 0 heterocycles. The predicted molar refractivity (Wildman–Crippen MR) is 51.8 cm³/mol. The maximum Gasteiger partial charge on any atom is 0.0702 e. The highest BCUT2D eigenvalue weighted by Gasteiger charge is 2.30. The molecule has 0 aromatic rings. The van der Waals surface area contributed by atoms with Crippen LogP contribution in [-0.2, 0) is 0 Å². The molecule has 0 saturated heterocycles. The Morgan fingerprint density at radius 2 is 1.50 bits per heavy atom. The lowest BCUT2D eigenvalue weighted by Crippen LogP contribution is -2.52. The van der Waals surface area contributed by atoms with E-state index in [9.17, 15) is 0 Å². The van der Waals surface area contributed by atoms with Crippen molar-refractivity contribution in [2.45, 2.75) is 31.3 Å². The van der Waals surface area contributed by atoms with Gasteiger partial charge in [-0.25, -0.2) is 0 Å². The first-order valence-electron chi connectivity index (χ1n) is 4.72. The number of nitrogens with one attached hydrogen (secondary N) is 3. The van der Waals surface area contributed by atoms with Crippen molar-refractivity contribution in [1.29, 1.82) is 0 Å². The molecule has 0 spiro atoms. The first-order valence-corrected chi connectivity index (χ1v) is 4.72. The fourth-order valence-corrected chi connectivity index (χ4v) is 2.03. The molecule has 0 bridgehead atoms. The maximum atomic E-state index is 3.33. The third-order valence-electron chi connectivity index (χ3n) is 2.72. The Morgan fingerprint density at radius 3 is 1.83 bits per heavy atom. The van der Waals surface area contributed by atoms with Crippen LogP contribution in [-0.4, -0.2) is 33.2 Å². The van der Waals surface area contributed by atoms with Gasteiger partial charge in [-0.1, -0.05) is 6.42 Å². The molecule has 1 aliphatic rings. The Balaban J connectivity index is 2.52. The van der Waals surface area contributed by atoms with Gasteiger partial charge < -0.3 is 16.0 Å². The number of hydrogen-bond donors (Lipinski definition) is 3. The average molecular weight is 170 g/mol. The molecule has 0 aromatic carbocycles. The van der Waals surface area contributed by atoms with E-state index in [2.05, 4.69) is 16.0 Å². The highest BCUT2D eigenvalue weighted by Crippen LogP contribution is 2.23. The van der Waals surface area contributed by atoms with Gasteiger partial charge in [-0.3, -0.25) is 0 Å². The summed E-state index contributed by atoms with van der Waals surface area (Å²) in [6.07, 6.45) is 3.82. The van der Waals surface area contributed by atoms with E-state index < -0.39 is 0 Å². The summed E-state index contributed by atoms with van der Waals surface area (Å²) < 4.78 is 0. The SMILES string of the molecule is CN[C]1C(NC)CCCC1NC. The van der Waals surface area contributed by atoms with Crippen LogP contribution in [0.1, 0.15) is 19.3 Å². The van der Waals surface area contributed by atoms with Crippen molar-refractivity contribution < 1.29 is 0 Å². The van der Waals surface area contributed by atoms with Gasteiger partial charge in [0.15, 0.2) is 0 Å². The van der Waals surface area contributed by atoms with Crippen molar-refractivity contribution in [2.24, 2.45) is 0 Å². The molecule has 0 aromatic heterocycles. The van der Waals surface area contributed by atoms with Gasteiger partial charge in [-0.2, -0.15) is 0 Å². The molecule has 0 aliphatic heterocycles. The van der Waals surface area contributed by atoms with Gasteiger partial charge in [0, 0.05) is 12.1 Å². The first kappa shape index (κ1) is 9.96. The highest BCUT2D eigenvalue weighted by molar-refractivity contribution is 5.09. The molecule has 2 unspecified atom stereocenters. The summed E-state index contributed by atoms with van der Waals surface area (Å²) >= 11 is 0. The molecule has 3 nitrogen and oxygen atoms in total. The van der Waals surface area contributed by atoms with Crippen molar-refractivity contribution >= 4 is 0 Å². The lowest BCUT2D eigenvalue weighted by atomic mass is 9.86. The molecular weight excluding hydrogens is 150 g/mol. The van der Waals surface area contributed by atoms with E-state index in [0.29, 0.717) is 12.1 Å². The zero-order valence-electron chi connectivity index (χ0n) is 8.28. The summed E-state index contributed by atoms with van der Waals surface area (Å²) in [4.78, 5) is 0. The molecule has 71 valence electrons. The first-order chi connectivity index (χ1) is 5.83. The molecule has 3 N–H and O–H groups in total. The lowest BCUT2D eigenvalue weighted by molar-refractivity contribution is 0.331. The lowest BCUT2D eigenvalue weighted by Gasteiger charge is -2.36. The quantitative estimate of drug-likeness (QED) is 0.562. The second kappa shape index (κ2) is 4.80. The van der Waals surface area contributed by atoms with Gasteiger partial charge in [-0.15, -0.1) is 0 Å². The predicted octanol–water partition coefficient (Wildman–Crippen LogP) is 0.0977. The van der Waals surface area contributed by atoms with Crippen LogP contribution in [0.5, 0.6) is 0 Å². The second-order valence-corrected chi connectivity index (χ2v) is 3.32. The Morgan fingerprint density at radius 1 is 1.00 bits per heavy atom. The van der Waals surface area contributed by atoms with Crippen molar-refractivity contribution in [2.75, 3.05) is 21.1 Å². The van der Waals surface area contributed by atoms with Crippen molar-refractivity contribution in [3.63, 3.8) is 0 Å². The van der Waals surface area contributed by atoms with Crippen LogP contribution >= 0.6 is 0 Å². The molecule has 1 fully saturated rings. The van der Waals surface area contributed by atoms with Crippen molar-refractivity contribution in [3.8, 4) is 0 Å². The molecule has 0 amide bonds. The molecule has 1 aliphatic carbocycles. The Hall–Kier alpha value is -0.120. The van der Waals surface area contributed by atoms with Crippen LogP contribution < -0.4 is 16.0 Å². The third kappa shape index (κ3) is 1.97. The van der Waals surface area contributed by atoms with Gasteiger partial charge in [-0.05, 0) is 34.0 Å². The summed E-state index contributed by atoms with van der Waals surface area (Å²) in [5, 5.41) is 9.96. The van der Waals surface area contributed by atoms with Gasteiger partial charge >= 0.3 is 0 Å². The standard InChI is InChI=1S/C9H20N3/c1-10-7-5-4-6-8(11-2)9(7)12-3/h7-8,10-12H,4-6H2,1-3H3. The Labute approximate surface area is 75.3 Å². The summed E-state index contributed by atoms with van der Waals surface area (Å²) in [6, 6.07) is 2.49. The third-order valence-corrected chi connectivity index (χ3v) is 2.72. The fourth-order valence-electron chi connectivity index (χ4n) is 2.03. The second-order valence-electron chi connectivity index (χ2n) is 3.32. The molecule has 1 radical (unpaired) electrons. The summed E-state index contributed by atoms with van der Waals surface area (Å²) in [5.74, 6) is 0. The molecule has 1 saturated carbocycles. The van der Waals surface area contributed by atoms with Gasteiger partial charge in [0.2, 0.25) is 0 Å². The number of hydrogen-bond acceptors (Lipinski definition) is 3. The van der Waals surface area contributed by atoms with Crippen LogP contribution in [0.15, 0.2) is 0 Å². The molecule has 2 atom stereocenters. The van der Waals surface area contributed by atoms with Crippen LogP contribution in [0.2, 0.25) is 0 Å². The topological polar surface area (TPSA) is 36.1 Å². The zero-order valence-corrected chi connectivity index (χ0v) is 8.28. The van der Waals surface area contributed by atoms with E-state index in [1.807, 2.05) is 21.1 Å². The fraction of sp³-hybridized carbons (Fsp3) is 0.889. The summed E-state index contributed by atoms with van der Waals surface area (Å²) in [5.41, 5.74) is 0. The minimum atomic E-state index is 0.543. The van der Waals surface area contributed by atoms with E-state index in [-0.39, 0.29) is 0 Å². The highest BCUT2D eigenvalue weighted by atomic mass is 15.1. The zero-order chi connectivity index (χ0) is 8.97. The van der Waals surface area contributed by atoms with Crippen LogP contribution in [0, 0.1) is 6.04 Å². The largest absolute Gasteiger partial charge is 0.315 e. The van der Waals surface area contributed by atoms with Crippen molar-refractivity contribution in [1.82, 2.24) is 16.0 Å². The van der Waals surface area contributed by atoms with E-state index in [1.54, 1.807) is 0 Å². The Kier molecular flexibility index (Phi) is 3.98. The maximum absolute atomic E-state index is 3.33. The normalized spacial score (nSPS) is 32.2. The minimum Gasteiger partial charge on any atom is -0.315 e. The summed E-state index contributed by atoms with van der Waals surface area (Å²) in [6.45, 7) is 0. The molecule has 3 heteroatoms. The van der Waals surface area contributed by atoms with Crippen LogP contribution in [0.4, 0.5) is 0 Å². The molecule has 1 rings (SSSR count). The number of likely N-dealkylation sites (N-methyl/N-ethyl adjacent to an activating group) is 3. The minimum absolute atomic E-state index is 0.543. The van der Waals surface area contributed by atoms with Gasteiger partial charge in [0.1, 0.15) is 0 Å². The van der Waals surface area contributed by atoms with Gasteiger partial charge in [0.25, 0.3) is 0 Å². The van der Waals surface area contributed by atoms with E-state index >= 15 is 0 Å².